The second-order valence-corrected chi connectivity index (χ2v) is 10.8. The number of para-hydroxylation sites is 1. The number of hydrogen-bond acceptors (Lipinski definition) is 5. The summed E-state index contributed by atoms with van der Waals surface area (Å²) >= 11 is 0. The molecule has 0 aromatic heterocycles. The molecule has 2 aliphatic rings. The molecular formula is C26H33N3O5S. The lowest BCUT2D eigenvalue weighted by atomic mass is 9.73. The molecule has 0 saturated carbocycles. The van der Waals surface area contributed by atoms with E-state index in [9.17, 15) is 13.2 Å². The van der Waals surface area contributed by atoms with Crippen molar-refractivity contribution in [1.82, 2.24) is 13.9 Å². The molecule has 1 amide bonds. The van der Waals surface area contributed by atoms with Crippen LogP contribution in [0.5, 0.6) is 5.75 Å². The number of allylic oxidation sites excluding steroid dienone is 1. The Bertz CT molecular complexity index is 1160. The largest absolute Gasteiger partial charge is 0.503 e. The van der Waals surface area contributed by atoms with Gasteiger partial charge >= 0.3 is 10.2 Å². The Morgan fingerprint density at radius 1 is 1.03 bits per heavy atom. The molecule has 2 aromatic carbocycles. The van der Waals surface area contributed by atoms with Crippen molar-refractivity contribution in [2.45, 2.75) is 31.1 Å². The Morgan fingerprint density at radius 2 is 1.71 bits per heavy atom. The molecule has 9 heteroatoms. The maximum absolute atomic E-state index is 13.4. The Morgan fingerprint density at radius 3 is 2.40 bits per heavy atom. The van der Waals surface area contributed by atoms with Crippen LogP contribution in [-0.4, -0.2) is 63.3 Å². The zero-order valence-electron chi connectivity index (χ0n) is 20.3. The average molecular weight is 500 g/mol. The smallest absolute Gasteiger partial charge is 0.303 e. The van der Waals surface area contributed by atoms with Gasteiger partial charge in [-0.15, -0.1) is 0 Å². The standard InChI is InChI=1S/C26H33N3O5S/c1-33-19-22-11-8-16-29(22)35(31,32)28-17-14-26(15-18-28,21-9-4-3-5-10-21)20-27-25(30)23-12-6-7-13-24(23)34-2/h3-7,9-10,12-13,19H,8,11,14-18,20H2,1-2H3,(H,27,30)/b22-19+. The number of rotatable bonds is 8. The number of ether oxygens (including phenoxy) is 2. The van der Waals surface area contributed by atoms with E-state index in [1.54, 1.807) is 29.6 Å². The summed E-state index contributed by atoms with van der Waals surface area (Å²) in [5, 5.41) is 3.09. The minimum atomic E-state index is -3.63. The Kier molecular flexibility index (Phi) is 7.66. The zero-order chi connectivity index (χ0) is 24.9. The van der Waals surface area contributed by atoms with Crippen LogP contribution in [0.15, 0.2) is 66.6 Å². The summed E-state index contributed by atoms with van der Waals surface area (Å²) in [6.07, 6.45) is 4.18. The Balaban J connectivity index is 1.52. The molecule has 2 saturated heterocycles. The predicted molar refractivity (Wildman–Crippen MR) is 134 cm³/mol. The summed E-state index contributed by atoms with van der Waals surface area (Å²) in [6, 6.07) is 17.2. The van der Waals surface area contributed by atoms with E-state index < -0.39 is 10.2 Å². The van der Waals surface area contributed by atoms with Gasteiger partial charge in [0.1, 0.15) is 12.0 Å². The van der Waals surface area contributed by atoms with E-state index in [1.165, 1.54) is 17.7 Å². The molecule has 0 atom stereocenters. The molecule has 0 bridgehead atoms. The molecule has 0 radical (unpaired) electrons. The van der Waals surface area contributed by atoms with E-state index in [0.717, 1.165) is 12.0 Å². The van der Waals surface area contributed by atoms with E-state index in [0.29, 0.717) is 62.5 Å². The van der Waals surface area contributed by atoms with Crippen molar-refractivity contribution in [3.63, 3.8) is 0 Å². The lowest BCUT2D eigenvalue weighted by Gasteiger charge is -2.43. The van der Waals surface area contributed by atoms with Crippen molar-refractivity contribution in [3.05, 3.63) is 77.7 Å². The summed E-state index contributed by atoms with van der Waals surface area (Å²) in [5.41, 5.74) is 1.89. The molecule has 8 nitrogen and oxygen atoms in total. The van der Waals surface area contributed by atoms with Crippen LogP contribution in [-0.2, 0) is 20.4 Å². The molecule has 4 rings (SSSR count). The van der Waals surface area contributed by atoms with Crippen molar-refractivity contribution >= 4 is 16.1 Å². The Hall–Kier alpha value is -3.04. The van der Waals surface area contributed by atoms with E-state index >= 15 is 0 Å². The fourth-order valence-corrected chi connectivity index (χ4v) is 6.72. The summed E-state index contributed by atoms with van der Waals surface area (Å²) in [5.74, 6) is 0.310. The predicted octanol–water partition coefficient (Wildman–Crippen LogP) is 3.29. The van der Waals surface area contributed by atoms with Gasteiger partial charge in [0.25, 0.3) is 5.91 Å². The van der Waals surface area contributed by atoms with Crippen molar-refractivity contribution in [3.8, 4) is 5.75 Å². The second kappa shape index (κ2) is 10.7. The molecule has 0 unspecified atom stereocenters. The number of methoxy groups -OCH3 is 2. The molecule has 1 N–H and O–H groups in total. The van der Waals surface area contributed by atoms with Gasteiger partial charge in [0.2, 0.25) is 0 Å². The molecule has 2 heterocycles. The van der Waals surface area contributed by atoms with Crippen LogP contribution < -0.4 is 10.1 Å². The third-order valence-electron chi connectivity index (χ3n) is 6.98. The normalized spacial score (nSPS) is 19.5. The van der Waals surface area contributed by atoms with Gasteiger partial charge in [0.15, 0.2) is 0 Å². The van der Waals surface area contributed by atoms with Gasteiger partial charge in [0, 0.05) is 31.6 Å². The molecule has 2 fully saturated rings. The van der Waals surface area contributed by atoms with Crippen molar-refractivity contribution in [1.29, 1.82) is 0 Å². The SMILES string of the molecule is CO/C=C1\CCCN1S(=O)(=O)N1CCC(CNC(=O)c2ccccc2OC)(c2ccccc2)CC1. The van der Waals surface area contributed by atoms with Gasteiger partial charge in [-0.2, -0.15) is 12.7 Å². The van der Waals surface area contributed by atoms with Crippen LogP contribution in [0.4, 0.5) is 0 Å². The molecule has 0 spiro atoms. The number of benzene rings is 2. The van der Waals surface area contributed by atoms with Gasteiger partial charge in [0.05, 0.1) is 25.5 Å². The van der Waals surface area contributed by atoms with Crippen LogP contribution in [0.2, 0.25) is 0 Å². The average Bonchev–Trinajstić information content (AvgIpc) is 3.37. The monoisotopic (exact) mass is 499 g/mol. The van der Waals surface area contributed by atoms with Crippen LogP contribution >= 0.6 is 0 Å². The summed E-state index contributed by atoms with van der Waals surface area (Å²) < 4.78 is 40.3. The molecule has 35 heavy (non-hydrogen) atoms. The lowest BCUT2D eigenvalue weighted by molar-refractivity contribution is 0.0929. The van der Waals surface area contributed by atoms with Crippen LogP contribution in [0.3, 0.4) is 0 Å². The fourth-order valence-electron chi connectivity index (χ4n) is 5.01. The van der Waals surface area contributed by atoms with E-state index in [1.807, 2.05) is 24.3 Å². The number of hydrogen-bond donors (Lipinski definition) is 1. The maximum Gasteiger partial charge on any atom is 0.303 e. The Labute approximate surface area is 207 Å². The highest BCUT2D eigenvalue weighted by Crippen LogP contribution is 2.37. The molecule has 2 aromatic rings. The molecule has 2 aliphatic heterocycles. The minimum Gasteiger partial charge on any atom is -0.503 e. The van der Waals surface area contributed by atoms with E-state index in [-0.39, 0.29) is 11.3 Å². The first-order chi connectivity index (χ1) is 16.9. The van der Waals surface area contributed by atoms with Gasteiger partial charge in [-0.05, 0) is 43.4 Å². The van der Waals surface area contributed by atoms with Crippen LogP contribution in [0, 0.1) is 0 Å². The van der Waals surface area contributed by atoms with Gasteiger partial charge < -0.3 is 14.8 Å². The third kappa shape index (κ3) is 5.16. The van der Waals surface area contributed by atoms with E-state index in [4.69, 9.17) is 9.47 Å². The highest BCUT2D eigenvalue weighted by Gasteiger charge is 2.42. The summed E-state index contributed by atoms with van der Waals surface area (Å²) in [4.78, 5) is 13.0. The van der Waals surface area contributed by atoms with E-state index in [2.05, 4.69) is 17.4 Å². The van der Waals surface area contributed by atoms with Crippen LogP contribution in [0.25, 0.3) is 0 Å². The highest BCUT2D eigenvalue weighted by molar-refractivity contribution is 7.86. The topological polar surface area (TPSA) is 88.2 Å². The number of nitrogens with one attached hydrogen (secondary N) is 1. The maximum atomic E-state index is 13.4. The number of carbonyl (C=O) groups excluding carboxylic acids is 1. The van der Waals surface area contributed by atoms with Gasteiger partial charge in [-0.3, -0.25) is 9.10 Å². The zero-order valence-corrected chi connectivity index (χ0v) is 21.1. The van der Waals surface area contributed by atoms with Crippen molar-refractivity contribution in [2.75, 3.05) is 40.4 Å². The number of amides is 1. The number of piperidine rings is 1. The van der Waals surface area contributed by atoms with Crippen molar-refractivity contribution < 1.29 is 22.7 Å². The van der Waals surface area contributed by atoms with Gasteiger partial charge in [-0.25, -0.2) is 0 Å². The second-order valence-electron chi connectivity index (χ2n) is 8.96. The molecular weight excluding hydrogens is 466 g/mol. The third-order valence-corrected chi connectivity index (χ3v) is 8.97. The highest BCUT2D eigenvalue weighted by atomic mass is 32.2. The first-order valence-electron chi connectivity index (χ1n) is 11.9. The quantitative estimate of drug-likeness (QED) is 0.563. The lowest BCUT2D eigenvalue weighted by Crippen LogP contribution is -2.52. The first-order valence-corrected chi connectivity index (χ1v) is 13.3. The summed E-state index contributed by atoms with van der Waals surface area (Å²) in [6.45, 7) is 1.62. The van der Waals surface area contributed by atoms with Crippen molar-refractivity contribution in [2.24, 2.45) is 0 Å². The summed E-state index contributed by atoms with van der Waals surface area (Å²) in [7, 11) is -0.559. The minimum absolute atomic E-state index is 0.209. The number of nitrogens with zero attached hydrogens (tertiary/aromatic N) is 2. The molecule has 0 aliphatic carbocycles. The fraction of sp³-hybridized carbons (Fsp3) is 0.423. The van der Waals surface area contributed by atoms with Crippen LogP contribution in [0.1, 0.15) is 41.6 Å². The number of carbonyl (C=O) groups is 1. The molecule has 188 valence electrons. The van der Waals surface area contributed by atoms with Gasteiger partial charge in [-0.1, -0.05) is 42.5 Å². The first kappa shape index (κ1) is 25.1.